The van der Waals surface area contributed by atoms with Crippen molar-refractivity contribution in [1.29, 1.82) is 0 Å². The molecule has 0 atom stereocenters. The van der Waals surface area contributed by atoms with Gasteiger partial charge in [0, 0.05) is 32.2 Å². The number of nitrogens with zero attached hydrogens (tertiary/aromatic N) is 2. The Balaban J connectivity index is 1.09. The fourth-order valence-electron chi connectivity index (χ4n) is 6.57. The number of hydrogen-bond acceptors (Lipinski definition) is 4. The Hall–Kier alpha value is -1.33. The molecule has 6 rings (SSSR count). The molecule has 0 spiro atoms. The van der Waals surface area contributed by atoms with Gasteiger partial charge in [0.1, 0.15) is 5.76 Å². The molecule has 4 aliphatic carbocycles. The van der Waals surface area contributed by atoms with Crippen molar-refractivity contribution in [1.82, 2.24) is 15.1 Å². The molecule has 5 nitrogen and oxygen atoms in total. The van der Waals surface area contributed by atoms with E-state index in [-0.39, 0.29) is 5.91 Å². The summed E-state index contributed by atoms with van der Waals surface area (Å²) in [7, 11) is 0. The van der Waals surface area contributed by atoms with Gasteiger partial charge in [0.2, 0.25) is 5.91 Å². The molecule has 1 amide bonds. The lowest BCUT2D eigenvalue weighted by atomic mass is 9.54. The van der Waals surface area contributed by atoms with Crippen LogP contribution < -0.4 is 5.32 Å². The van der Waals surface area contributed by atoms with Crippen LogP contribution in [-0.4, -0.2) is 54.5 Å². The van der Waals surface area contributed by atoms with E-state index in [1.165, 1.54) is 32.1 Å². The van der Waals surface area contributed by atoms with Crippen molar-refractivity contribution in [2.45, 2.75) is 44.7 Å². The van der Waals surface area contributed by atoms with E-state index in [0.29, 0.717) is 13.1 Å². The molecule has 142 valence electrons. The summed E-state index contributed by atoms with van der Waals surface area (Å²) < 4.78 is 5.27. The van der Waals surface area contributed by atoms with Crippen LogP contribution in [0.3, 0.4) is 0 Å². The Morgan fingerprint density at radius 1 is 1.04 bits per heavy atom. The van der Waals surface area contributed by atoms with E-state index in [2.05, 4.69) is 15.1 Å². The lowest BCUT2D eigenvalue weighted by Gasteiger charge is -2.58. The van der Waals surface area contributed by atoms with Crippen molar-refractivity contribution in [3.05, 3.63) is 24.2 Å². The summed E-state index contributed by atoms with van der Waals surface area (Å²) in [5.41, 5.74) is 0. The third-order valence-electron chi connectivity index (χ3n) is 7.41. The van der Waals surface area contributed by atoms with E-state index < -0.39 is 0 Å². The van der Waals surface area contributed by atoms with Crippen LogP contribution in [-0.2, 0) is 11.3 Å². The van der Waals surface area contributed by atoms with Gasteiger partial charge >= 0.3 is 0 Å². The molecular weight excluding hydrogens is 326 g/mol. The largest absolute Gasteiger partial charge is 0.467 e. The zero-order valence-electron chi connectivity index (χ0n) is 15.6. The van der Waals surface area contributed by atoms with Gasteiger partial charge < -0.3 is 9.73 Å². The minimum Gasteiger partial charge on any atom is -0.467 e. The zero-order valence-corrected chi connectivity index (χ0v) is 15.6. The highest BCUT2D eigenvalue weighted by atomic mass is 16.3. The molecule has 5 aliphatic rings. The summed E-state index contributed by atoms with van der Waals surface area (Å²) in [5.74, 6) is 4.94. The minimum absolute atomic E-state index is 0.101. The lowest BCUT2D eigenvalue weighted by molar-refractivity contribution is -0.123. The highest BCUT2D eigenvalue weighted by molar-refractivity contribution is 5.77. The first-order chi connectivity index (χ1) is 12.7. The van der Waals surface area contributed by atoms with E-state index in [1.807, 2.05) is 12.1 Å². The number of furan rings is 1. The Morgan fingerprint density at radius 3 is 2.35 bits per heavy atom. The molecule has 4 saturated carbocycles. The molecule has 26 heavy (non-hydrogen) atoms. The molecule has 1 aromatic rings. The molecule has 1 saturated heterocycles. The van der Waals surface area contributed by atoms with Crippen molar-refractivity contribution >= 4 is 5.91 Å². The highest BCUT2D eigenvalue weighted by Crippen LogP contribution is 2.55. The first kappa shape index (κ1) is 16.8. The number of nitrogens with one attached hydrogen (secondary N) is 1. The summed E-state index contributed by atoms with van der Waals surface area (Å²) in [6, 6.07) is 4.59. The number of carbonyl (C=O) groups is 1. The molecule has 1 aliphatic heterocycles. The van der Waals surface area contributed by atoms with Gasteiger partial charge in [-0.1, -0.05) is 0 Å². The van der Waals surface area contributed by atoms with Gasteiger partial charge in [-0.2, -0.15) is 0 Å². The molecule has 0 radical (unpaired) electrons. The molecule has 0 unspecified atom stereocenters. The number of piperazine rings is 1. The summed E-state index contributed by atoms with van der Waals surface area (Å²) >= 11 is 0. The maximum atomic E-state index is 12.2. The van der Waals surface area contributed by atoms with Gasteiger partial charge in [0.05, 0.1) is 19.4 Å². The number of hydrogen-bond donors (Lipinski definition) is 1. The van der Waals surface area contributed by atoms with Crippen molar-refractivity contribution in [3.8, 4) is 0 Å². The van der Waals surface area contributed by atoms with Crippen LogP contribution >= 0.6 is 0 Å². The highest BCUT2D eigenvalue weighted by Gasteiger charge is 2.50. The van der Waals surface area contributed by atoms with Gasteiger partial charge in [-0.3, -0.25) is 14.6 Å². The molecule has 5 heteroatoms. The molecule has 4 bridgehead atoms. The Bertz CT molecular complexity index is 593. The summed E-state index contributed by atoms with van der Waals surface area (Å²) in [6.45, 7) is 5.32. The number of rotatable bonds is 5. The predicted octanol–water partition coefficient (Wildman–Crippen LogP) is 2.34. The van der Waals surface area contributed by atoms with Crippen molar-refractivity contribution in [3.63, 3.8) is 0 Å². The Morgan fingerprint density at radius 2 is 1.73 bits per heavy atom. The number of carbonyl (C=O) groups excluding carboxylic acids is 1. The summed E-state index contributed by atoms with van der Waals surface area (Å²) in [5, 5.41) is 2.96. The maximum absolute atomic E-state index is 12.2. The normalized spacial score (nSPS) is 37.2. The summed E-state index contributed by atoms with van der Waals surface area (Å²) in [6.07, 6.45) is 9.14. The molecule has 2 heterocycles. The van der Waals surface area contributed by atoms with Crippen LogP contribution in [0.25, 0.3) is 0 Å². The van der Waals surface area contributed by atoms with Crippen molar-refractivity contribution < 1.29 is 9.21 Å². The Labute approximate surface area is 156 Å². The maximum Gasteiger partial charge on any atom is 0.234 e. The summed E-state index contributed by atoms with van der Waals surface area (Å²) in [4.78, 5) is 17.3. The fourth-order valence-corrected chi connectivity index (χ4v) is 6.57. The third-order valence-corrected chi connectivity index (χ3v) is 7.41. The first-order valence-corrected chi connectivity index (χ1v) is 10.5. The molecule has 1 N–H and O–H groups in total. The van der Waals surface area contributed by atoms with Gasteiger partial charge in [0.15, 0.2) is 0 Å². The minimum atomic E-state index is 0.101. The van der Waals surface area contributed by atoms with E-state index in [1.54, 1.807) is 6.26 Å². The Kier molecular flexibility index (Phi) is 4.53. The van der Waals surface area contributed by atoms with E-state index in [0.717, 1.165) is 61.7 Å². The molecular formula is C21H31N3O2. The van der Waals surface area contributed by atoms with Gasteiger partial charge in [-0.05, 0) is 67.9 Å². The standard InChI is InChI=1S/C21H31N3O2/c25-20(22-13-19-2-1-7-26-19)14-23-3-5-24(6-4-23)21-17-9-15-8-16(11-17)12-18(21)10-15/h1-2,7,15-18,21H,3-6,8-14H2,(H,22,25). The predicted molar refractivity (Wildman–Crippen MR) is 99.4 cm³/mol. The first-order valence-electron chi connectivity index (χ1n) is 10.5. The average Bonchev–Trinajstić information content (AvgIpc) is 3.14. The smallest absolute Gasteiger partial charge is 0.234 e. The second-order valence-corrected chi connectivity index (χ2v) is 9.09. The number of amides is 1. The van der Waals surface area contributed by atoms with Crippen LogP contribution in [0.4, 0.5) is 0 Å². The monoisotopic (exact) mass is 357 g/mol. The van der Waals surface area contributed by atoms with E-state index in [9.17, 15) is 4.79 Å². The lowest BCUT2D eigenvalue weighted by Crippen LogP contribution is -2.60. The zero-order chi connectivity index (χ0) is 17.5. The fraction of sp³-hybridized carbons (Fsp3) is 0.762. The molecule has 5 fully saturated rings. The van der Waals surface area contributed by atoms with Gasteiger partial charge in [-0.25, -0.2) is 0 Å². The van der Waals surface area contributed by atoms with Crippen LogP contribution in [0.15, 0.2) is 22.8 Å². The molecule has 1 aromatic heterocycles. The van der Waals surface area contributed by atoms with Crippen molar-refractivity contribution in [2.75, 3.05) is 32.7 Å². The van der Waals surface area contributed by atoms with Gasteiger partial charge in [-0.15, -0.1) is 0 Å². The van der Waals surface area contributed by atoms with Crippen LogP contribution in [0.5, 0.6) is 0 Å². The molecule has 0 aromatic carbocycles. The van der Waals surface area contributed by atoms with Crippen LogP contribution in [0, 0.1) is 23.7 Å². The van der Waals surface area contributed by atoms with Crippen LogP contribution in [0.1, 0.15) is 37.9 Å². The second-order valence-electron chi connectivity index (χ2n) is 9.09. The van der Waals surface area contributed by atoms with Crippen LogP contribution in [0.2, 0.25) is 0 Å². The average molecular weight is 357 g/mol. The van der Waals surface area contributed by atoms with Gasteiger partial charge in [0.25, 0.3) is 0 Å². The third kappa shape index (κ3) is 3.31. The van der Waals surface area contributed by atoms with Crippen molar-refractivity contribution in [2.24, 2.45) is 23.7 Å². The SMILES string of the molecule is O=C(CN1CCN(C2C3CC4CC(C3)CC2C4)CC1)NCc1ccco1. The quantitative estimate of drug-likeness (QED) is 0.879. The topological polar surface area (TPSA) is 48.7 Å². The second kappa shape index (κ2) is 7.01. The van der Waals surface area contributed by atoms with E-state index in [4.69, 9.17) is 4.42 Å². The van der Waals surface area contributed by atoms with E-state index >= 15 is 0 Å².